The van der Waals surface area contributed by atoms with Gasteiger partial charge in [0, 0.05) is 0 Å². The number of hydrogen-bond donors (Lipinski definition) is 1. The van der Waals surface area contributed by atoms with E-state index in [2.05, 4.69) is 0 Å². The van der Waals surface area contributed by atoms with Crippen molar-refractivity contribution < 1.29 is 17.9 Å². The first kappa shape index (κ1) is 15.4. The maximum absolute atomic E-state index is 12.6. The van der Waals surface area contributed by atoms with Crippen LogP contribution < -0.4 is 10.5 Å². The van der Waals surface area contributed by atoms with Gasteiger partial charge in [-0.15, -0.1) is 0 Å². The van der Waals surface area contributed by atoms with Crippen LogP contribution in [-0.4, -0.2) is 6.54 Å². The highest BCUT2D eigenvalue weighted by molar-refractivity contribution is 5.31. The maximum Gasteiger partial charge on any atom is 0.416 e. The van der Waals surface area contributed by atoms with Crippen molar-refractivity contribution >= 4 is 0 Å². The minimum Gasteiger partial charge on any atom is -0.489 e. The van der Waals surface area contributed by atoms with E-state index in [-0.39, 0.29) is 12.4 Å². The fraction of sp³-hybridized carbons (Fsp3) is 0.250. The average Bonchev–Trinajstić information content (AvgIpc) is 2.46. The van der Waals surface area contributed by atoms with Gasteiger partial charge in [0.25, 0.3) is 0 Å². The topological polar surface area (TPSA) is 35.2 Å². The van der Waals surface area contributed by atoms with Crippen LogP contribution in [0, 0.1) is 0 Å². The summed E-state index contributed by atoms with van der Waals surface area (Å²) in [5.41, 5.74) is 6.78. The Morgan fingerprint density at radius 1 is 0.952 bits per heavy atom. The van der Waals surface area contributed by atoms with Crippen LogP contribution in [0.4, 0.5) is 13.2 Å². The van der Waals surface area contributed by atoms with Crippen molar-refractivity contribution in [3.05, 3.63) is 65.2 Å². The summed E-state index contributed by atoms with van der Waals surface area (Å²) >= 11 is 0. The zero-order chi connectivity index (χ0) is 15.3. The number of alkyl halides is 3. The monoisotopic (exact) mass is 295 g/mol. The molecule has 0 atom stereocenters. The van der Waals surface area contributed by atoms with E-state index in [9.17, 15) is 13.2 Å². The molecule has 2 aromatic rings. The molecule has 0 saturated heterocycles. The summed E-state index contributed by atoms with van der Waals surface area (Å²) in [5.74, 6) is 0.204. The largest absolute Gasteiger partial charge is 0.489 e. The van der Waals surface area contributed by atoms with Gasteiger partial charge >= 0.3 is 6.18 Å². The molecule has 21 heavy (non-hydrogen) atoms. The molecule has 0 aliphatic heterocycles. The Kier molecular flexibility index (Phi) is 4.85. The first-order valence-corrected chi connectivity index (χ1v) is 6.57. The molecule has 2 aromatic carbocycles. The molecule has 0 amide bonds. The molecule has 0 bridgehead atoms. The zero-order valence-electron chi connectivity index (χ0n) is 11.4. The molecule has 0 saturated carbocycles. The molecule has 2 N–H and O–H groups in total. The van der Waals surface area contributed by atoms with Crippen LogP contribution in [0.5, 0.6) is 5.75 Å². The van der Waals surface area contributed by atoms with E-state index in [1.54, 1.807) is 0 Å². The van der Waals surface area contributed by atoms with Crippen molar-refractivity contribution in [2.45, 2.75) is 19.2 Å². The van der Waals surface area contributed by atoms with Gasteiger partial charge in [0.15, 0.2) is 0 Å². The van der Waals surface area contributed by atoms with Crippen molar-refractivity contribution in [3.63, 3.8) is 0 Å². The lowest BCUT2D eigenvalue weighted by molar-refractivity contribution is -0.137. The van der Waals surface area contributed by atoms with Crippen LogP contribution in [0.3, 0.4) is 0 Å². The summed E-state index contributed by atoms with van der Waals surface area (Å²) < 4.78 is 43.1. The Bertz CT molecular complexity index is 579. The number of nitrogens with two attached hydrogens (primary N) is 1. The molecule has 0 aliphatic carbocycles. The third-order valence-corrected chi connectivity index (χ3v) is 3.02. The molecular weight excluding hydrogens is 279 g/mol. The Hall–Kier alpha value is -2.01. The molecule has 5 heteroatoms. The van der Waals surface area contributed by atoms with Crippen LogP contribution in [0.25, 0.3) is 0 Å². The first-order valence-electron chi connectivity index (χ1n) is 6.57. The molecule has 2 rings (SSSR count). The predicted molar refractivity (Wildman–Crippen MR) is 75.0 cm³/mol. The average molecular weight is 295 g/mol. The lowest BCUT2D eigenvalue weighted by atomic mass is 10.1. The number of hydrogen-bond acceptors (Lipinski definition) is 2. The Balaban J connectivity index is 1.99. The first-order chi connectivity index (χ1) is 9.99. The number of benzene rings is 2. The third-order valence-electron chi connectivity index (χ3n) is 3.02. The molecule has 0 aromatic heterocycles. The van der Waals surface area contributed by atoms with Gasteiger partial charge in [-0.2, -0.15) is 13.2 Å². The quantitative estimate of drug-likeness (QED) is 0.911. The van der Waals surface area contributed by atoms with Crippen molar-refractivity contribution in [1.82, 2.24) is 0 Å². The summed E-state index contributed by atoms with van der Waals surface area (Å²) in [6, 6.07) is 12.5. The second-order valence-electron chi connectivity index (χ2n) is 4.67. The molecule has 0 spiro atoms. The van der Waals surface area contributed by atoms with E-state index < -0.39 is 11.7 Å². The fourth-order valence-corrected chi connectivity index (χ4v) is 1.90. The molecule has 0 heterocycles. The highest BCUT2D eigenvalue weighted by Crippen LogP contribution is 2.31. The van der Waals surface area contributed by atoms with Crippen molar-refractivity contribution in [2.75, 3.05) is 6.54 Å². The number of rotatable bonds is 5. The molecule has 112 valence electrons. The second kappa shape index (κ2) is 6.63. The van der Waals surface area contributed by atoms with Gasteiger partial charge in [-0.25, -0.2) is 0 Å². The van der Waals surface area contributed by atoms with E-state index in [4.69, 9.17) is 10.5 Å². The summed E-state index contributed by atoms with van der Waals surface area (Å²) in [6.45, 7) is 0.810. The Labute approximate surface area is 121 Å². The van der Waals surface area contributed by atoms with Gasteiger partial charge in [0.2, 0.25) is 0 Å². The van der Waals surface area contributed by atoms with Crippen LogP contribution in [0.2, 0.25) is 0 Å². The highest BCUT2D eigenvalue weighted by atomic mass is 19.4. The normalized spacial score (nSPS) is 11.4. The smallest absolute Gasteiger partial charge is 0.416 e. The van der Waals surface area contributed by atoms with Gasteiger partial charge in [-0.05, 0) is 42.3 Å². The van der Waals surface area contributed by atoms with E-state index in [1.165, 1.54) is 12.1 Å². The maximum atomic E-state index is 12.6. The van der Waals surface area contributed by atoms with Crippen molar-refractivity contribution in [3.8, 4) is 5.75 Å². The van der Waals surface area contributed by atoms with Gasteiger partial charge in [0.05, 0.1) is 5.56 Å². The lowest BCUT2D eigenvalue weighted by Gasteiger charge is -2.10. The second-order valence-corrected chi connectivity index (χ2v) is 4.67. The van der Waals surface area contributed by atoms with Gasteiger partial charge in [0.1, 0.15) is 12.4 Å². The molecular formula is C16H16F3NO. The van der Waals surface area contributed by atoms with E-state index >= 15 is 0 Å². The Morgan fingerprint density at radius 3 is 2.24 bits per heavy atom. The fourth-order valence-electron chi connectivity index (χ4n) is 1.90. The molecule has 0 fully saturated rings. The number of ether oxygens (including phenoxy) is 1. The highest BCUT2D eigenvalue weighted by Gasteiger charge is 2.30. The minimum absolute atomic E-state index is 0.204. The minimum atomic E-state index is -4.36. The SMILES string of the molecule is NCCc1ccc(COc2cccc(C(F)(F)F)c2)cc1. The van der Waals surface area contributed by atoms with Crippen LogP contribution in [0.1, 0.15) is 16.7 Å². The summed E-state index contributed by atoms with van der Waals surface area (Å²) in [6.07, 6.45) is -3.56. The van der Waals surface area contributed by atoms with E-state index in [1.807, 2.05) is 24.3 Å². The van der Waals surface area contributed by atoms with E-state index in [0.29, 0.717) is 6.54 Å². The van der Waals surface area contributed by atoms with Gasteiger partial charge in [-0.3, -0.25) is 0 Å². The summed E-state index contributed by atoms with van der Waals surface area (Å²) in [5, 5.41) is 0. The molecule has 0 radical (unpaired) electrons. The summed E-state index contributed by atoms with van der Waals surface area (Å²) in [7, 11) is 0. The molecule has 0 aliphatic rings. The van der Waals surface area contributed by atoms with Crippen molar-refractivity contribution in [2.24, 2.45) is 5.73 Å². The van der Waals surface area contributed by atoms with Crippen LogP contribution in [-0.2, 0) is 19.2 Å². The molecule has 2 nitrogen and oxygen atoms in total. The molecule has 0 unspecified atom stereocenters. The van der Waals surface area contributed by atoms with Gasteiger partial charge < -0.3 is 10.5 Å². The summed E-state index contributed by atoms with van der Waals surface area (Å²) in [4.78, 5) is 0. The standard InChI is InChI=1S/C16H16F3NO/c17-16(18,19)14-2-1-3-15(10-14)21-11-13-6-4-12(5-7-13)8-9-20/h1-7,10H,8-9,11,20H2. The van der Waals surface area contributed by atoms with Crippen molar-refractivity contribution in [1.29, 1.82) is 0 Å². The zero-order valence-corrected chi connectivity index (χ0v) is 11.4. The number of halogens is 3. The van der Waals surface area contributed by atoms with Crippen LogP contribution >= 0.6 is 0 Å². The third kappa shape index (κ3) is 4.49. The Morgan fingerprint density at radius 2 is 1.62 bits per heavy atom. The predicted octanol–water partition coefficient (Wildman–Crippen LogP) is 3.79. The lowest BCUT2D eigenvalue weighted by Crippen LogP contribution is -2.05. The van der Waals surface area contributed by atoms with Crippen LogP contribution in [0.15, 0.2) is 48.5 Å². The van der Waals surface area contributed by atoms with Gasteiger partial charge in [-0.1, -0.05) is 30.3 Å². The van der Waals surface area contributed by atoms with E-state index in [0.717, 1.165) is 29.7 Å².